The predicted octanol–water partition coefficient (Wildman–Crippen LogP) is 1.18. The van der Waals surface area contributed by atoms with Crippen LogP contribution < -0.4 is 4.90 Å². The van der Waals surface area contributed by atoms with Gasteiger partial charge in [-0.25, -0.2) is 4.98 Å². The molecule has 0 aromatic carbocycles. The maximum absolute atomic E-state index is 11.1. The molecule has 3 rings (SSSR count). The SMILES string of the molecule is COCCN1[C@@H](C)CN(c2ccc3ncc([N+](=O)[O-])n3n2)C[C@@H]1C. The van der Waals surface area contributed by atoms with E-state index in [2.05, 4.69) is 33.7 Å². The smallest absolute Gasteiger partial charge is 0.368 e. The van der Waals surface area contributed by atoms with E-state index < -0.39 is 4.92 Å². The Balaban J connectivity index is 1.83. The van der Waals surface area contributed by atoms with E-state index in [1.165, 1.54) is 10.7 Å². The molecule has 1 aliphatic heterocycles. The summed E-state index contributed by atoms with van der Waals surface area (Å²) in [6.07, 6.45) is 1.24. The van der Waals surface area contributed by atoms with E-state index >= 15 is 0 Å². The standard InChI is InChI=1S/C15H22N6O3/c1-11-9-18(10-12(2)19(11)6-7-24-3)14-5-4-13-16-8-15(21(22)23)20(13)17-14/h4-5,8,11-12H,6-7,9-10H2,1-3H3/t11-,12-/m0/s1. The summed E-state index contributed by atoms with van der Waals surface area (Å²) in [5, 5.41) is 15.5. The number of hydrogen-bond donors (Lipinski definition) is 0. The van der Waals surface area contributed by atoms with Crippen LogP contribution >= 0.6 is 0 Å². The summed E-state index contributed by atoms with van der Waals surface area (Å²) in [5.74, 6) is 0.611. The first-order valence-electron chi connectivity index (χ1n) is 8.00. The van der Waals surface area contributed by atoms with Gasteiger partial charge in [0, 0.05) is 44.9 Å². The topological polar surface area (TPSA) is 89.0 Å². The normalized spacial score (nSPS) is 22.2. The molecule has 0 aliphatic carbocycles. The first kappa shape index (κ1) is 16.6. The van der Waals surface area contributed by atoms with Crippen LogP contribution in [0.3, 0.4) is 0 Å². The van der Waals surface area contributed by atoms with Crippen LogP contribution in [0, 0.1) is 10.1 Å². The molecule has 0 bridgehead atoms. The number of ether oxygens (including phenoxy) is 1. The van der Waals surface area contributed by atoms with E-state index in [9.17, 15) is 10.1 Å². The van der Waals surface area contributed by atoms with Gasteiger partial charge in [-0.1, -0.05) is 9.61 Å². The molecule has 1 fully saturated rings. The van der Waals surface area contributed by atoms with Gasteiger partial charge in [-0.3, -0.25) is 4.90 Å². The zero-order valence-corrected chi connectivity index (χ0v) is 14.1. The molecule has 0 unspecified atom stereocenters. The highest BCUT2D eigenvalue weighted by molar-refractivity contribution is 5.49. The number of nitrogens with zero attached hydrogens (tertiary/aromatic N) is 6. The second-order valence-electron chi connectivity index (χ2n) is 6.17. The van der Waals surface area contributed by atoms with E-state index in [1.807, 2.05) is 6.07 Å². The largest absolute Gasteiger partial charge is 0.383 e. The van der Waals surface area contributed by atoms with Crippen molar-refractivity contribution >= 4 is 17.3 Å². The predicted molar refractivity (Wildman–Crippen MR) is 89.4 cm³/mol. The lowest BCUT2D eigenvalue weighted by atomic mass is 10.1. The molecule has 0 radical (unpaired) electrons. The number of anilines is 1. The fraction of sp³-hybridized carbons (Fsp3) is 0.600. The van der Waals surface area contributed by atoms with Crippen molar-refractivity contribution in [2.75, 3.05) is 38.3 Å². The van der Waals surface area contributed by atoms with Crippen molar-refractivity contribution in [2.24, 2.45) is 0 Å². The zero-order chi connectivity index (χ0) is 17.3. The van der Waals surface area contributed by atoms with Crippen LogP contribution in [0.5, 0.6) is 0 Å². The van der Waals surface area contributed by atoms with Gasteiger partial charge in [0.2, 0.25) is 5.65 Å². The molecule has 2 aromatic heterocycles. The number of hydrogen-bond acceptors (Lipinski definition) is 7. The third-order valence-electron chi connectivity index (χ3n) is 4.50. The van der Waals surface area contributed by atoms with Crippen molar-refractivity contribution in [3.8, 4) is 0 Å². The molecule has 0 saturated carbocycles. The van der Waals surface area contributed by atoms with Gasteiger partial charge in [-0.05, 0) is 24.8 Å². The summed E-state index contributed by atoms with van der Waals surface area (Å²) in [6.45, 7) is 7.59. The van der Waals surface area contributed by atoms with Crippen molar-refractivity contribution in [3.05, 3.63) is 28.4 Å². The van der Waals surface area contributed by atoms with E-state index in [0.717, 1.165) is 25.5 Å². The molecule has 9 heteroatoms. The Labute approximate surface area is 140 Å². The highest BCUT2D eigenvalue weighted by Gasteiger charge is 2.30. The zero-order valence-electron chi connectivity index (χ0n) is 14.1. The highest BCUT2D eigenvalue weighted by Crippen LogP contribution is 2.22. The van der Waals surface area contributed by atoms with Crippen LogP contribution in [0.25, 0.3) is 5.65 Å². The van der Waals surface area contributed by atoms with Crippen molar-refractivity contribution in [1.29, 1.82) is 0 Å². The van der Waals surface area contributed by atoms with Crippen LogP contribution in [0.4, 0.5) is 11.6 Å². The average molecular weight is 334 g/mol. The Morgan fingerprint density at radius 2 is 2.04 bits per heavy atom. The molecule has 2 aromatic rings. The Kier molecular flexibility index (Phi) is 4.63. The average Bonchev–Trinajstić information content (AvgIpc) is 2.97. The van der Waals surface area contributed by atoms with E-state index in [0.29, 0.717) is 24.3 Å². The fourth-order valence-electron chi connectivity index (χ4n) is 3.33. The van der Waals surface area contributed by atoms with Crippen molar-refractivity contribution in [1.82, 2.24) is 19.5 Å². The van der Waals surface area contributed by atoms with Gasteiger partial charge < -0.3 is 19.8 Å². The van der Waals surface area contributed by atoms with Gasteiger partial charge >= 0.3 is 5.82 Å². The Hall–Kier alpha value is -2.26. The summed E-state index contributed by atoms with van der Waals surface area (Å²) in [5.41, 5.74) is 0.477. The third-order valence-corrected chi connectivity index (χ3v) is 4.50. The van der Waals surface area contributed by atoms with E-state index in [-0.39, 0.29) is 5.82 Å². The molecule has 9 nitrogen and oxygen atoms in total. The molecule has 0 N–H and O–H groups in total. The Bertz CT molecular complexity index is 721. The third kappa shape index (κ3) is 3.04. The van der Waals surface area contributed by atoms with E-state index in [1.54, 1.807) is 13.2 Å². The number of imidazole rings is 1. The summed E-state index contributed by atoms with van der Waals surface area (Å²) < 4.78 is 6.48. The molecule has 0 spiro atoms. The first-order valence-corrected chi connectivity index (χ1v) is 8.00. The number of piperazine rings is 1. The molecular formula is C15H22N6O3. The van der Waals surface area contributed by atoms with Crippen molar-refractivity contribution in [2.45, 2.75) is 25.9 Å². The quantitative estimate of drug-likeness (QED) is 0.599. The summed E-state index contributed by atoms with van der Waals surface area (Å²) in [7, 11) is 1.71. The molecule has 130 valence electrons. The van der Waals surface area contributed by atoms with Gasteiger partial charge in [0.05, 0.1) is 6.61 Å². The van der Waals surface area contributed by atoms with Crippen LogP contribution in [-0.2, 0) is 4.74 Å². The maximum atomic E-state index is 11.1. The minimum Gasteiger partial charge on any atom is -0.383 e. The van der Waals surface area contributed by atoms with Crippen LogP contribution in [0.15, 0.2) is 18.3 Å². The molecule has 1 aliphatic rings. The van der Waals surface area contributed by atoms with E-state index in [4.69, 9.17) is 4.74 Å². The maximum Gasteiger partial charge on any atom is 0.368 e. The lowest BCUT2D eigenvalue weighted by molar-refractivity contribution is -0.391. The lowest BCUT2D eigenvalue weighted by Crippen LogP contribution is -2.57. The fourth-order valence-corrected chi connectivity index (χ4v) is 3.33. The number of nitro groups is 1. The number of methoxy groups -OCH3 is 1. The molecular weight excluding hydrogens is 312 g/mol. The monoisotopic (exact) mass is 334 g/mol. The van der Waals surface area contributed by atoms with Crippen LogP contribution in [0.1, 0.15) is 13.8 Å². The summed E-state index contributed by atoms with van der Waals surface area (Å²) in [4.78, 5) is 19.2. The molecule has 0 amide bonds. The summed E-state index contributed by atoms with van der Waals surface area (Å²) >= 11 is 0. The second kappa shape index (κ2) is 6.70. The van der Waals surface area contributed by atoms with Gasteiger partial charge in [0.25, 0.3) is 0 Å². The van der Waals surface area contributed by atoms with Gasteiger partial charge in [-0.15, -0.1) is 0 Å². The molecule has 1 saturated heterocycles. The Morgan fingerprint density at radius 1 is 1.33 bits per heavy atom. The lowest BCUT2D eigenvalue weighted by Gasteiger charge is -2.44. The number of fused-ring (bicyclic) bond motifs is 1. The minimum absolute atomic E-state index is 0.119. The molecule has 2 atom stereocenters. The van der Waals surface area contributed by atoms with Crippen LogP contribution in [0.2, 0.25) is 0 Å². The molecule has 3 heterocycles. The van der Waals surface area contributed by atoms with Crippen molar-refractivity contribution in [3.63, 3.8) is 0 Å². The number of rotatable bonds is 5. The number of aromatic nitrogens is 3. The first-order chi connectivity index (χ1) is 11.5. The highest BCUT2D eigenvalue weighted by atomic mass is 16.6. The Morgan fingerprint density at radius 3 is 2.67 bits per heavy atom. The van der Waals surface area contributed by atoms with Crippen molar-refractivity contribution < 1.29 is 9.66 Å². The minimum atomic E-state index is -0.468. The van der Waals surface area contributed by atoms with Gasteiger partial charge in [0.1, 0.15) is 6.20 Å². The second-order valence-corrected chi connectivity index (χ2v) is 6.17. The summed E-state index contributed by atoms with van der Waals surface area (Å²) in [6, 6.07) is 4.33. The van der Waals surface area contributed by atoms with Gasteiger partial charge in [-0.2, -0.15) is 0 Å². The van der Waals surface area contributed by atoms with Gasteiger partial charge in [0.15, 0.2) is 5.82 Å². The molecule has 24 heavy (non-hydrogen) atoms. The van der Waals surface area contributed by atoms with Crippen LogP contribution in [-0.4, -0.2) is 69.9 Å².